The summed E-state index contributed by atoms with van der Waals surface area (Å²) >= 11 is 1.57. The van der Waals surface area contributed by atoms with Gasteiger partial charge in [0.05, 0.1) is 18.3 Å². The summed E-state index contributed by atoms with van der Waals surface area (Å²) in [6.07, 6.45) is 2.73. The van der Waals surface area contributed by atoms with E-state index in [0.29, 0.717) is 24.9 Å². The molecule has 4 fully saturated rings. The Morgan fingerprint density at radius 2 is 1.88 bits per heavy atom. The Labute approximate surface area is 255 Å². The van der Waals surface area contributed by atoms with E-state index in [1.807, 2.05) is 55.5 Å². The van der Waals surface area contributed by atoms with Crippen LogP contribution in [0.4, 0.5) is 10.1 Å². The number of hydrogen-bond acceptors (Lipinski definition) is 8. The molecule has 7 nitrogen and oxygen atoms in total. The Bertz CT molecular complexity index is 1510. The summed E-state index contributed by atoms with van der Waals surface area (Å²) in [7, 11) is 0. The van der Waals surface area contributed by atoms with E-state index < -0.39 is 65.0 Å². The zero-order valence-corrected chi connectivity index (χ0v) is 25.1. The zero-order chi connectivity index (χ0) is 30.4. The molecule has 5 aliphatic rings. The van der Waals surface area contributed by atoms with Gasteiger partial charge < -0.3 is 30.5 Å². The van der Waals surface area contributed by atoms with Gasteiger partial charge in [-0.25, -0.2) is 4.39 Å². The summed E-state index contributed by atoms with van der Waals surface area (Å²) < 4.78 is 30.7. The van der Waals surface area contributed by atoms with Gasteiger partial charge in [-0.2, -0.15) is 0 Å². The number of carbonyl (C=O) groups excluding carboxylic acids is 1. The van der Waals surface area contributed by atoms with Gasteiger partial charge in [-0.15, -0.1) is 0 Å². The van der Waals surface area contributed by atoms with Crippen LogP contribution in [-0.2, 0) is 14.3 Å². The lowest BCUT2D eigenvalue weighted by Gasteiger charge is -2.62. The maximum Gasteiger partial charge on any atom is 0.193 e. The van der Waals surface area contributed by atoms with Crippen LogP contribution in [0.5, 0.6) is 0 Å². The number of ketones is 1. The summed E-state index contributed by atoms with van der Waals surface area (Å²) in [4.78, 5) is 15.7. The molecule has 0 radical (unpaired) electrons. The van der Waals surface area contributed by atoms with E-state index in [0.717, 1.165) is 20.9 Å². The second kappa shape index (κ2) is 9.99. The number of anilines is 1. The summed E-state index contributed by atoms with van der Waals surface area (Å²) in [5, 5.41) is 32.1. The van der Waals surface area contributed by atoms with Crippen LogP contribution >= 0.6 is 11.8 Å². The number of nitrogen functional groups attached to an aromatic ring is 1. The van der Waals surface area contributed by atoms with Gasteiger partial charge in [-0.05, 0) is 68.9 Å². The molecular formula is C34H38FNO6S. The number of nitrogens with two attached hydrogens (primary N) is 1. The Kier molecular flexibility index (Phi) is 6.78. The molecular weight excluding hydrogens is 569 g/mol. The van der Waals surface area contributed by atoms with E-state index in [-0.39, 0.29) is 12.3 Å². The van der Waals surface area contributed by atoms with Crippen LogP contribution in [0.1, 0.15) is 51.4 Å². The standard InChI is InChI=1S/C34H38FNO6S/c1-31-13-12-22(38)14-20(31)8-11-25-26-16-29-34(28(40)18-37,32(26,2)17-27(39)33(25,31)35)42-30(41-29)19-6-9-23(10-7-19)43-24-5-3-4-21(36)15-24/h3-7,9-10,12-15,22,25-27,29-30,37-39H,8,11,16-18,36H2,1-2H3/t22?,25-,26-,27-,29+,30+,31-,32-,33-,34+/m0/s1. The number of alkyl halides is 1. The first-order valence-electron chi connectivity index (χ1n) is 15.0. The van der Waals surface area contributed by atoms with Crippen LogP contribution in [0.25, 0.3) is 0 Å². The van der Waals surface area contributed by atoms with Gasteiger partial charge in [0.2, 0.25) is 0 Å². The highest BCUT2D eigenvalue weighted by molar-refractivity contribution is 7.99. The van der Waals surface area contributed by atoms with E-state index in [1.165, 1.54) is 0 Å². The molecule has 0 amide bonds. The van der Waals surface area contributed by atoms with E-state index in [1.54, 1.807) is 36.9 Å². The molecule has 10 atom stereocenters. The van der Waals surface area contributed by atoms with Crippen molar-refractivity contribution in [3.63, 3.8) is 0 Å². The van der Waals surface area contributed by atoms with E-state index >= 15 is 4.39 Å². The minimum atomic E-state index is -1.99. The lowest BCUT2D eigenvalue weighted by atomic mass is 9.44. The van der Waals surface area contributed by atoms with Crippen LogP contribution in [0.2, 0.25) is 0 Å². The SMILES string of the molecule is C[C@]12C=CC(O)C=C1CC[C@H]1[C@@H]3C[C@H]4O[C@@H](c5ccc(Sc6cccc(N)c6)cc5)O[C@@]4(C(=O)CO)[C@@]3(C)C[C@H](O)[C@@]12F. The van der Waals surface area contributed by atoms with Crippen molar-refractivity contribution in [2.24, 2.45) is 22.7 Å². The van der Waals surface area contributed by atoms with Crippen LogP contribution in [-0.4, -0.2) is 57.3 Å². The fourth-order valence-electron chi connectivity index (χ4n) is 9.25. The quantitative estimate of drug-likeness (QED) is 0.280. The van der Waals surface area contributed by atoms with Crippen molar-refractivity contribution in [1.29, 1.82) is 0 Å². The van der Waals surface area contributed by atoms with Crippen molar-refractivity contribution in [3.8, 4) is 0 Å². The third-order valence-corrected chi connectivity index (χ3v) is 12.3. The molecule has 228 valence electrons. The monoisotopic (exact) mass is 607 g/mol. The van der Waals surface area contributed by atoms with Gasteiger partial charge in [-0.1, -0.05) is 60.7 Å². The molecule has 0 spiro atoms. The fraction of sp³-hybridized carbons (Fsp3) is 0.500. The first-order chi connectivity index (χ1) is 20.5. The van der Waals surface area contributed by atoms with Crippen molar-refractivity contribution in [2.75, 3.05) is 12.3 Å². The van der Waals surface area contributed by atoms with Crippen LogP contribution in [0, 0.1) is 22.7 Å². The average Bonchev–Trinajstić information content (AvgIpc) is 3.47. The Morgan fingerprint density at radius 3 is 2.60 bits per heavy atom. The molecule has 7 rings (SSSR count). The molecule has 2 aromatic carbocycles. The minimum absolute atomic E-state index is 0.0158. The maximum absolute atomic E-state index is 17.6. The molecule has 2 aromatic rings. The summed E-state index contributed by atoms with van der Waals surface area (Å²) in [5.41, 5.74) is 2.59. The van der Waals surface area contributed by atoms with Gasteiger partial charge in [0.15, 0.2) is 23.3 Å². The maximum atomic E-state index is 17.6. The predicted molar refractivity (Wildman–Crippen MR) is 160 cm³/mol. The van der Waals surface area contributed by atoms with E-state index in [4.69, 9.17) is 15.2 Å². The normalized spacial score (nSPS) is 42.9. The number of rotatable bonds is 5. The molecule has 5 N–H and O–H groups in total. The van der Waals surface area contributed by atoms with Crippen LogP contribution in [0.15, 0.2) is 82.1 Å². The summed E-state index contributed by atoms with van der Waals surface area (Å²) in [5.74, 6) is -1.38. The molecule has 1 saturated heterocycles. The highest BCUT2D eigenvalue weighted by Crippen LogP contribution is 2.72. The van der Waals surface area contributed by atoms with Gasteiger partial charge >= 0.3 is 0 Å². The number of halogens is 1. The second-order valence-electron chi connectivity index (χ2n) is 13.3. The van der Waals surface area contributed by atoms with Crippen molar-refractivity contribution < 1.29 is 34.0 Å². The Balaban J connectivity index is 1.19. The Morgan fingerprint density at radius 1 is 1.12 bits per heavy atom. The highest BCUT2D eigenvalue weighted by Gasteiger charge is 2.79. The predicted octanol–water partition coefficient (Wildman–Crippen LogP) is 4.91. The first-order valence-corrected chi connectivity index (χ1v) is 15.8. The highest BCUT2D eigenvalue weighted by atomic mass is 32.2. The first kappa shape index (κ1) is 29.2. The molecule has 0 bridgehead atoms. The number of Topliss-reactive ketones (excluding diaryl/α,β-unsaturated/α-hetero) is 1. The van der Waals surface area contributed by atoms with Gasteiger partial charge in [-0.3, -0.25) is 4.79 Å². The van der Waals surface area contributed by atoms with Crippen molar-refractivity contribution >= 4 is 23.2 Å². The fourth-order valence-corrected chi connectivity index (χ4v) is 10.1. The number of allylic oxidation sites excluding steroid dienone is 2. The van der Waals surface area contributed by atoms with Gasteiger partial charge in [0.1, 0.15) is 6.61 Å². The number of ether oxygens (including phenoxy) is 2. The number of hydrogen-bond donors (Lipinski definition) is 4. The largest absolute Gasteiger partial charge is 0.399 e. The lowest BCUT2D eigenvalue weighted by Crippen LogP contribution is -2.69. The van der Waals surface area contributed by atoms with Crippen molar-refractivity contribution in [1.82, 2.24) is 0 Å². The molecule has 1 unspecified atom stereocenters. The number of fused-ring (bicyclic) bond motifs is 7. The summed E-state index contributed by atoms with van der Waals surface area (Å²) in [6, 6.07) is 15.4. The van der Waals surface area contributed by atoms with E-state index in [9.17, 15) is 20.1 Å². The smallest absolute Gasteiger partial charge is 0.193 e. The number of aliphatic hydroxyl groups excluding tert-OH is 3. The lowest BCUT2D eigenvalue weighted by molar-refractivity contribution is -0.231. The third-order valence-electron chi connectivity index (χ3n) is 11.3. The third kappa shape index (κ3) is 3.95. The molecule has 0 aromatic heterocycles. The van der Waals surface area contributed by atoms with Crippen LogP contribution in [0.3, 0.4) is 0 Å². The zero-order valence-electron chi connectivity index (χ0n) is 24.3. The molecule has 4 aliphatic carbocycles. The van der Waals surface area contributed by atoms with Crippen molar-refractivity contribution in [2.45, 2.75) is 85.2 Å². The molecule has 3 saturated carbocycles. The summed E-state index contributed by atoms with van der Waals surface area (Å²) in [6.45, 7) is 2.97. The molecule has 43 heavy (non-hydrogen) atoms. The number of aliphatic hydroxyl groups is 3. The van der Waals surface area contributed by atoms with Gasteiger partial charge in [0.25, 0.3) is 0 Å². The topological polar surface area (TPSA) is 122 Å². The minimum Gasteiger partial charge on any atom is -0.399 e. The molecule has 1 heterocycles. The second-order valence-corrected chi connectivity index (χ2v) is 14.4. The van der Waals surface area contributed by atoms with Gasteiger partial charge in [0, 0.05) is 37.8 Å². The average molecular weight is 608 g/mol. The van der Waals surface area contributed by atoms with Crippen LogP contribution < -0.4 is 5.73 Å². The molecule has 1 aliphatic heterocycles. The van der Waals surface area contributed by atoms with E-state index in [2.05, 4.69) is 0 Å². The molecule has 9 heteroatoms. The number of carbonyl (C=O) groups is 1. The number of benzene rings is 2. The Hall–Kier alpha value is -2.53. The van der Waals surface area contributed by atoms with Crippen molar-refractivity contribution in [3.05, 3.63) is 77.9 Å².